The second kappa shape index (κ2) is 7.25. The molecule has 2 aromatic rings. The summed E-state index contributed by atoms with van der Waals surface area (Å²) in [6.45, 7) is 4.40. The van der Waals surface area contributed by atoms with Crippen molar-refractivity contribution < 1.29 is 0 Å². The van der Waals surface area contributed by atoms with Crippen LogP contribution in [0.15, 0.2) is 48.5 Å². The van der Waals surface area contributed by atoms with Gasteiger partial charge in [-0.2, -0.15) is 0 Å². The molecule has 2 aromatic carbocycles. The molecule has 0 bridgehead atoms. The van der Waals surface area contributed by atoms with Crippen LogP contribution in [-0.2, 0) is 12.8 Å². The van der Waals surface area contributed by atoms with E-state index in [1.54, 1.807) is 0 Å². The average molecular weight is 267 g/mol. The summed E-state index contributed by atoms with van der Waals surface area (Å²) in [6, 6.07) is 17.9. The molecule has 1 N–H and O–H groups in total. The molecule has 0 aliphatic heterocycles. The van der Waals surface area contributed by atoms with Gasteiger partial charge >= 0.3 is 0 Å². The number of nitrogens with one attached hydrogen (secondary N) is 1. The molecule has 1 heteroatoms. The van der Waals surface area contributed by atoms with Crippen LogP contribution in [0.25, 0.3) is 0 Å². The van der Waals surface area contributed by atoms with Gasteiger partial charge in [0.25, 0.3) is 0 Å². The summed E-state index contributed by atoms with van der Waals surface area (Å²) in [6.07, 6.45) is 3.43. The van der Waals surface area contributed by atoms with E-state index in [0.717, 1.165) is 12.8 Å². The predicted molar refractivity (Wildman–Crippen MR) is 87.2 cm³/mol. The lowest BCUT2D eigenvalue weighted by Gasteiger charge is -2.18. The van der Waals surface area contributed by atoms with Gasteiger partial charge in [0.05, 0.1) is 0 Å². The largest absolute Gasteiger partial charge is 0.317 e. The third kappa shape index (κ3) is 3.94. The molecule has 0 radical (unpaired) electrons. The molecule has 1 unspecified atom stereocenters. The molecule has 1 nitrogen and oxygen atoms in total. The van der Waals surface area contributed by atoms with Crippen molar-refractivity contribution in [3.8, 4) is 0 Å². The molecule has 0 aromatic heterocycles. The van der Waals surface area contributed by atoms with Gasteiger partial charge in [-0.15, -0.1) is 0 Å². The Morgan fingerprint density at radius 2 is 1.40 bits per heavy atom. The minimum Gasteiger partial charge on any atom is -0.317 e. The Bertz CT molecular complexity index is 545. The van der Waals surface area contributed by atoms with Crippen molar-refractivity contribution >= 4 is 0 Å². The zero-order valence-electron chi connectivity index (χ0n) is 12.8. The number of likely N-dealkylation sites (N-methyl/N-ethyl adjacent to an activating group) is 1. The van der Waals surface area contributed by atoms with E-state index in [9.17, 15) is 0 Å². The van der Waals surface area contributed by atoms with Crippen molar-refractivity contribution in [2.45, 2.75) is 39.2 Å². The van der Waals surface area contributed by atoms with Crippen LogP contribution < -0.4 is 5.32 Å². The molecule has 0 spiro atoms. The van der Waals surface area contributed by atoms with E-state index < -0.39 is 0 Å². The Kier molecular flexibility index (Phi) is 5.37. The second-order valence-corrected chi connectivity index (χ2v) is 5.58. The Morgan fingerprint density at radius 1 is 0.850 bits per heavy atom. The number of hydrogen-bond acceptors (Lipinski definition) is 1. The maximum absolute atomic E-state index is 3.47. The molecule has 1 atom stereocenters. The highest BCUT2D eigenvalue weighted by Crippen LogP contribution is 2.15. The fraction of sp³-hybridized carbons (Fsp3) is 0.368. The van der Waals surface area contributed by atoms with Crippen molar-refractivity contribution in [3.63, 3.8) is 0 Å². The van der Waals surface area contributed by atoms with Crippen molar-refractivity contribution in [2.75, 3.05) is 7.05 Å². The topological polar surface area (TPSA) is 12.0 Å². The molecule has 0 heterocycles. The lowest BCUT2D eigenvalue weighted by atomic mass is 9.95. The standard InChI is InChI=1S/C19H25N/c1-15-8-4-6-10-17(15)12-13-19(20-3)14-18-11-7-5-9-16(18)2/h4-11,19-20H,12-14H2,1-3H3. The fourth-order valence-corrected chi connectivity index (χ4v) is 2.67. The first-order valence-electron chi connectivity index (χ1n) is 7.47. The van der Waals surface area contributed by atoms with E-state index in [1.165, 1.54) is 28.7 Å². The van der Waals surface area contributed by atoms with E-state index >= 15 is 0 Å². The lowest BCUT2D eigenvalue weighted by molar-refractivity contribution is 0.519. The number of rotatable bonds is 6. The van der Waals surface area contributed by atoms with Crippen LogP contribution in [0.3, 0.4) is 0 Å². The Hall–Kier alpha value is -1.60. The van der Waals surface area contributed by atoms with Crippen molar-refractivity contribution in [3.05, 3.63) is 70.8 Å². The van der Waals surface area contributed by atoms with Crippen LogP contribution in [0, 0.1) is 13.8 Å². The molecule has 0 amide bonds. The van der Waals surface area contributed by atoms with Gasteiger partial charge in [0, 0.05) is 6.04 Å². The highest BCUT2D eigenvalue weighted by atomic mass is 14.9. The molecule has 0 saturated heterocycles. The summed E-state index contributed by atoms with van der Waals surface area (Å²) in [5.74, 6) is 0. The van der Waals surface area contributed by atoms with Crippen LogP contribution in [-0.4, -0.2) is 13.1 Å². The second-order valence-electron chi connectivity index (χ2n) is 5.58. The molecular formula is C19H25N. The summed E-state index contributed by atoms with van der Waals surface area (Å²) in [5, 5.41) is 3.47. The van der Waals surface area contributed by atoms with Gasteiger partial charge in [-0.25, -0.2) is 0 Å². The minimum absolute atomic E-state index is 0.538. The summed E-state index contributed by atoms with van der Waals surface area (Å²) in [7, 11) is 2.07. The smallest absolute Gasteiger partial charge is 0.0108 e. The predicted octanol–water partition coefficient (Wildman–Crippen LogP) is 4.07. The first-order chi connectivity index (χ1) is 9.70. The molecule has 20 heavy (non-hydrogen) atoms. The summed E-state index contributed by atoms with van der Waals surface area (Å²) >= 11 is 0. The fourth-order valence-electron chi connectivity index (χ4n) is 2.67. The van der Waals surface area contributed by atoms with Crippen LogP contribution in [0.4, 0.5) is 0 Å². The third-order valence-corrected chi connectivity index (χ3v) is 4.16. The summed E-state index contributed by atoms with van der Waals surface area (Å²) < 4.78 is 0. The van der Waals surface area contributed by atoms with Gasteiger partial charge in [0.2, 0.25) is 0 Å². The van der Waals surface area contributed by atoms with Crippen molar-refractivity contribution in [2.24, 2.45) is 0 Å². The Morgan fingerprint density at radius 3 is 1.95 bits per heavy atom. The molecule has 0 aliphatic carbocycles. The lowest BCUT2D eigenvalue weighted by Crippen LogP contribution is -2.28. The Labute approximate surface area is 123 Å². The zero-order chi connectivity index (χ0) is 14.4. The molecular weight excluding hydrogens is 242 g/mol. The van der Waals surface area contributed by atoms with Crippen molar-refractivity contribution in [1.82, 2.24) is 5.32 Å². The normalized spacial score (nSPS) is 12.3. The number of hydrogen-bond donors (Lipinski definition) is 1. The molecule has 0 aliphatic rings. The minimum atomic E-state index is 0.538. The molecule has 2 rings (SSSR count). The van der Waals surface area contributed by atoms with Gasteiger partial charge in [-0.05, 0) is 62.4 Å². The highest BCUT2D eigenvalue weighted by Gasteiger charge is 2.09. The van der Waals surface area contributed by atoms with Gasteiger partial charge in [-0.1, -0.05) is 48.5 Å². The SMILES string of the molecule is CNC(CCc1ccccc1C)Cc1ccccc1C. The van der Waals surface area contributed by atoms with Gasteiger partial charge in [0.1, 0.15) is 0 Å². The maximum atomic E-state index is 3.47. The van der Waals surface area contributed by atoms with E-state index in [4.69, 9.17) is 0 Å². The monoisotopic (exact) mass is 267 g/mol. The number of aryl methyl sites for hydroxylation is 3. The van der Waals surface area contributed by atoms with Crippen LogP contribution in [0.2, 0.25) is 0 Å². The highest BCUT2D eigenvalue weighted by molar-refractivity contribution is 5.27. The van der Waals surface area contributed by atoms with Crippen LogP contribution in [0.1, 0.15) is 28.7 Å². The van der Waals surface area contributed by atoms with Crippen LogP contribution in [0.5, 0.6) is 0 Å². The summed E-state index contributed by atoms with van der Waals surface area (Å²) in [4.78, 5) is 0. The average Bonchev–Trinajstić information content (AvgIpc) is 2.47. The Balaban J connectivity index is 1.96. The first kappa shape index (κ1) is 14.8. The van der Waals surface area contributed by atoms with Crippen molar-refractivity contribution in [1.29, 1.82) is 0 Å². The quantitative estimate of drug-likeness (QED) is 0.832. The molecule has 106 valence electrons. The van der Waals surface area contributed by atoms with Gasteiger partial charge in [-0.3, -0.25) is 0 Å². The van der Waals surface area contributed by atoms with E-state index in [-0.39, 0.29) is 0 Å². The summed E-state index contributed by atoms with van der Waals surface area (Å²) in [5.41, 5.74) is 5.72. The van der Waals surface area contributed by atoms with Gasteiger partial charge < -0.3 is 5.32 Å². The van der Waals surface area contributed by atoms with E-state index in [1.807, 2.05) is 0 Å². The number of benzene rings is 2. The third-order valence-electron chi connectivity index (χ3n) is 4.16. The van der Waals surface area contributed by atoms with Gasteiger partial charge in [0.15, 0.2) is 0 Å². The zero-order valence-corrected chi connectivity index (χ0v) is 12.8. The molecule has 0 fully saturated rings. The first-order valence-corrected chi connectivity index (χ1v) is 7.47. The molecule has 0 saturated carbocycles. The van der Waals surface area contributed by atoms with E-state index in [2.05, 4.69) is 74.7 Å². The maximum Gasteiger partial charge on any atom is 0.0108 e. The van der Waals surface area contributed by atoms with E-state index in [0.29, 0.717) is 6.04 Å². The van der Waals surface area contributed by atoms with Crippen LogP contribution >= 0.6 is 0 Å².